The summed E-state index contributed by atoms with van der Waals surface area (Å²) in [6, 6.07) is 3.79. The molecule has 2 rings (SSSR count). The van der Waals surface area contributed by atoms with Crippen LogP contribution in [0.2, 0.25) is 0 Å². The molecule has 0 aromatic carbocycles. The van der Waals surface area contributed by atoms with Gasteiger partial charge in [-0.2, -0.15) is 5.26 Å². The smallest absolute Gasteiger partial charge is 0.262 e. The molecule has 110 valence electrons. The molecule has 0 aliphatic heterocycles. The van der Waals surface area contributed by atoms with E-state index in [0.717, 1.165) is 0 Å². The summed E-state index contributed by atoms with van der Waals surface area (Å²) in [5, 5.41) is 14.2. The second-order valence-electron chi connectivity index (χ2n) is 5.33. The molecule has 21 heavy (non-hydrogen) atoms. The van der Waals surface area contributed by atoms with Gasteiger partial charge in [0.15, 0.2) is 0 Å². The van der Waals surface area contributed by atoms with E-state index in [1.807, 2.05) is 13.8 Å². The Kier molecular flexibility index (Phi) is 4.09. The first-order valence-electron chi connectivity index (χ1n) is 6.52. The molecule has 0 unspecified atom stereocenters. The molecule has 7 heteroatoms. The summed E-state index contributed by atoms with van der Waals surface area (Å²) >= 11 is 1.38. The van der Waals surface area contributed by atoms with Crippen molar-refractivity contribution in [3.05, 3.63) is 28.1 Å². The zero-order chi connectivity index (χ0) is 15.6. The van der Waals surface area contributed by atoms with Gasteiger partial charge in [0.2, 0.25) is 5.91 Å². The number of hydrogen-bond acceptors (Lipinski definition) is 5. The molecule has 0 aliphatic carbocycles. The van der Waals surface area contributed by atoms with Crippen LogP contribution < -0.4 is 10.9 Å². The van der Waals surface area contributed by atoms with Gasteiger partial charge in [0.25, 0.3) is 5.56 Å². The van der Waals surface area contributed by atoms with Gasteiger partial charge in [-0.15, -0.1) is 11.3 Å². The summed E-state index contributed by atoms with van der Waals surface area (Å²) in [5.41, 5.74) is -1.21. The zero-order valence-corrected chi connectivity index (χ0v) is 12.9. The monoisotopic (exact) mass is 304 g/mol. The molecule has 0 spiro atoms. The third-order valence-electron chi connectivity index (χ3n) is 3.55. The van der Waals surface area contributed by atoms with Crippen LogP contribution in [0, 0.1) is 17.2 Å². The Hall–Kier alpha value is -2.20. The number of thiophene rings is 1. The highest BCUT2D eigenvalue weighted by molar-refractivity contribution is 7.16. The van der Waals surface area contributed by atoms with Crippen molar-refractivity contribution in [3.8, 4) is 6.07 Å². The van der Waals surface area contributed by atoms with Crippen molar-refractivity contribution in [3.63, 3.8) is 0 Å². The van der Waals surface area contributed by atoms with E-state index in [0.29, 0.717) is 10.2 Å². The molecular formula is C14H16N4O2S. The molecule has 2 heterocycles. The topological polar surface area (TPSA) is 87.8 Å². The van der Waals surface area contributed by atoms with Crippen LogP contribution in [0.15, 0.2) is 22.6 Å². The van der Waals surface area contributed by atoms with E-state index < -0.39 is 5.54 Å². The first-order valence-corrected chi connectivity index (χ1v) is 7.40. The highest BCUT2D eigenvalue weighted by Crippen LogP contribution is 2.15. The summed E-state index contributed by atoms with van der Waals surface area (Å²) in [7, 11) is 0. The van der Waals surface area contributed by atoms with Gasteiger partial charge in [-0.3, -0.25) is 14.2 Å². The molecule has 6 nitrogen and oxygen atoms in total. The SMILES string of the molecule is CC(C)[C@](C)(C#N)NC(=O)Cn1cnc2sccc2c1=O. The van der Waals surface area contributed by atoms with Crippen molar-refractivity contribution >= 4 is 27.5 Å². The number of hydrogen-bond donors (Lipinski definition) is 1. The summed E-state index contributed by atoms with van der Waals surface area (Å²) in [5.74, 6) is -0.424. The Bertz CT molecular complexity index is 771. The number of nitrogens with zero attached hydrogens (tertiary/aromatic N) is 3. The largest absolute Gasteiger partial charge is 0.336 e. The van der Waals surface area contributed by atoms with E-state index in [1.165, 1.54) is 22.2 Å². The molecule has 1 N–H and O–H groups in total. The average molecular weight is 304 g/mol. The van der Waals surface area contributed by atoms with E-state index in [1.54, 1.807) is 18.4 Å². The van der Waals surface area contributed by atoms with Crippen molar-refractivity contribution in [2.24, 2.45) is 5.92 Å². The quantitative estimate of drug-likeness (QED) is 0.927. The van der Waals surface area contributed by atoms with Gasteiger partial charge in [0, 0.05) is 0 Å². The Balaban J connectivity index is 2.21. The maximum absolute atomic E-state index is 12.2. The van der Waals surface area contributed by atoms with E-state index in [-0.39, 0.29) is 23.9 Å². The molecule has 0 radical (unpaired) electrons. The zero-order valence-electron chi connectivity index (χ0n) is 12.1. The van der Waals surface area contributed by atoms with E-state index >= 15 is 0 Å². The van der Waals surface area contributed by atoms with Crippen LogP contribution in [0.4, 0.5) is 0 Å². The Labute approximate surface area is 126 Å². The van der Waals surface area contributed by atoms with Gasteiger partial charge in [-0.05, 0) is 24.3 Å². The Morgan fingerprint density at radius 3 is 2.95 bits per heavy atom. The molecule has 0 aliphatic rings. The molecule has 0 saturated heterocycles. The number of nitrogens with one attached hydrogen (secondary N) is 1. The fraction of sp³-hybridized carbons (Fsp3) is 0.429. The van der Waals surface area contributed by atoms with Gasteiger partial charge in [0.05, 0.1) is 17.8 Å². The standard InChI is InChI=1S/C14H16N4O2S/c1-9(2)14(3,7-15)17-11(19)6-18-8-16-12-10(13(18)20)4-5-21-12/h4-5,8-9H,6H2,1-3H3,(H,17,19)/t14-/m0/s1. The van der Waals surface area contributed by atoms with Crippen LogP contribution in [0.25, 0.3) is 10.2 Å². The lowest BCUT2D eigenvalue weighted by Gasteiger charge is -2.27. The highest BCUT2D eigenvalue weighted by Gasteiger charge is 2.30. The summed E-state index contributed by atoms with van der Waals surface area (Å²) in [4.78, 5) is 29.0. The predicted molar refractivity (Wildman–Crippen MR) is 80.9 cm³/mol. The normalized spacial score (nSPS) is 13.9. The van der Waals surface area contributed by atoms with E-state index in [4.69, 9.17) is 0 Å². The number of carbonyl (C=O) groups excluding carboxylic acids is 1. The number of aromatic nitrogens is 2. The Morgan fingerprint density at radius 2 is 2.33 bits per heavy atom. The lowest BCUT2D eigenvalue weighted by atomic mass is 9.90. The molecule has 2 aromatic rings. The molecule has 0 fully saturated rings. The lowest BCUT2D eigenvalue weighted by Crippen LogP contribution is -2.50. The van der Waals surface area contributed by atoms with Crippen molar-refractivity contribution in [2.45, 2.75) is 32.9 Å². The summed E-state index contributed by atoms with van der Waals surface area (Å²) < 4.78 is 1.25. The molecule has 1 amide bonds. The van der Waals surface area contributed by atoms with Crippen LogP contribution in [0.5, 0.6) is 0 Å². The minimum atomic E-state index is -0.958. The molecule has 1 atom stereocenters. The number of fused-ring (bicyclic) bond motifs is 1. The van der Waals surface area contributed by atoms with Crippen molar-refractivity contribution < 1.29 is 4.79 Å². The predicted octanol–water partition coefficient (Wildman–Crippen LogP) is 1.51. The van der Waals surface area contributed by atoms with Crippen molar-refractivity contribution in [2.75, 3.05) is 0 Å². The van der Waals surface area contributed by atoms with E-state index in [9.17, 15) is 14.9 Å². The van der Waals surface area contributed by atoms with Crippen LogP contribution in [0.1, 0.15) is 20.8 Å². The second-order valence-corrected chi connectivity index (χ2v) is 6.23. The van der Waals surface area contributed by atoms with Gasteiger partial charge in [0.1, 0.15) is 16.9 Å². The fourth-order valence-corrected chi connectivity index (χ4v) is 2.51. The third-order valence-corrected chi connectivity index (χ3v) is 4.37. The highest BCUT2D eigenvalue weighted by atomic mass is 32.1. The first-order chi connectivity index (χ1) is 9.87. The summed E-state index contributed by atoms with van der Waals surface area (Å²) in [6.45, 7) is 5.23. The van der Waals surface area contributed by atoms with Crippen LogP contribution in [0.3, 0.4) is 0 Å². The van der Waals surface area contributed by atoms with Crippen LogP contribution in [-0.2, 0) is 11.3 Å². The first kappa shape index (κ1) is 15.2. The third kappa shape index (κ3) is 2.95. The summed E-state index contributed by atoms with van der Waals surface area (Å²) in [6.07, 6.45) is 1.36. The minimum Gasteiger partial charge on any atom is -0.336 e. The molecule has 2 aromatic heterocycles. The van der Waals surface area contributed by atoms with Crippen molar-refractivity contribution in [1.82, 2.24) is 14.9 Å². The maximum atomic E-state index is 12.2. The van der Waals surface area contributed by atoms with Crippen LogP contribution >= 0.6 is 11.3 Å². The van der Waals surface area contributed by atoms with Crippen LogP contribution in [-0.4, -0.2) is 21.0 Å². The molecule has 0 bridgehead atoms. The number of rotatable bonds is 4. The van der Waals surface area contributed by atoms with Gasteiger partial charge in [-0.1, -0.05) is 13.8 Å². The van der Waals surface area contributed by atoms with Crippen molar-refractivity contribution in [1.29, 1.82) is 5.26 Å². The fourth-order valence-electron chi connectivity index (χ4n) is 1.79. The maximum Gasteiger partial charge on any atom is 0.262 e. The Morgan fingerprint density at radius 1 is 1.62 bits per heavy atom. The minimum absolute atomic E-state index is 0.0411. The number of amides is 1. The molecular weight excluding hydrogens is 288 g/mol. The second kappa shape index (κ2) is 5.66. The van der Waals surface area contributed by atoms with Gasteiger partial charge >= 0.3 is 0 Å². The molecule has 0 saturated carbocycles. The van der Waals surface area contributed by atoms with E-state index in [2.05, 4.69) is 16.4 Å². The van der Waals surface area contributed by atoms with Gasteiger partial charge in [-0.25, -0.2) is 4.98 Å². The van der Waals surface area contributed by atoms with Gasteiger partial charge < -0.3 is 5.32 Å². The lowest BCUT2D eigenvalue weighted by molar-refractivity contribution is -0.123. The number of carbonyl (C=O) groups is 1. The number of nitriles is 1. The average Bonchev–Trinajstić information content (AvgIpc) is 2.90.